The van der Waals surface area contributed by atoms with Gasteiger partial charge in [0.15, 0.2) is 5.69 Å². The summed E-state index contributed by atoms with van der Waals surface area (Å²) in [5, 5.41) is 14.1. The molecule has 0 aliphatic heterocycles. The monoisotopic (exact) mass is 508 g/mol. The van der Waals surface area contributed by atoms with E-state index in [0.717, 1.165) is 0 Å². The first-order valence-electron chi connectivity index (χ1n) is 8.27. The van der Waals surface area contributed by atoms with Gasteiger partial charge in [0.2, 0.25) is 0 Å². The summed E-state index contributed by atoms with van der Waals surface area (Å²) in [5.41, 5.74) is -9.29. The second kappa shape index (κ2) is 8.85. The molecule has 170 valence electrons. The molecular formula is C16H12Cl2F6N4O2S. The lowest BCUT2D eigenvalue weighted by atomic mass is 10.2. The van der Waals surface area contributed by atoms with Gasteiger partial charge in [-0.3, -0.25) is 0 Å². The third-order valence-corrected chi connectivity index (χ3v) is 6.04. The molecule has 6 nitrogen and oxygen atoms in total. The molecule has 0 radical (unpaired) electrons. The zero-order valence-corrected chi connectivity index (χ0v) is 17.7. The molecule has 31 heavy (non-hydrogen) atoms. The third kappa shape index (κ3) is 4.92. The molecule has 1 aromatic carbocycles. The largest absolute Gasteiger partial charge is 0.502 e. The van der Waals surface area contributed by atoms with Crippen LogP contribution in [0.4, 0.5) is 26.3 Å². The summed E-state index contributed by atoms with van der Waals surface area (Å²) in [6.07, 6.45) is -4.31. The fourth-order valence-corrected chi connectivity index (χ4v) is 4.25. The maximum Gasteiger partial charge on any atom is 0.502 e. The number of nitriles is 1. The van der Waals surface area contributed by atoms with Crippen molar-refractivity contribution in [3.63, 3.8) is 0 Å². The average molecular weight is 509 g/mol. The number of alkyl halides is 6. The summed E-state index contributed by atoms with van der Waals surface area (Å²) in [5.74, 6) is 0. The molecule has 0 aliphatic rings. The van der Waals surface area contributed by atoms with Crippen LogP contribution in [0, 0.1) is 11.3 Å². The van der Waals surface area contributed by atoms with Crippen LogP contribution >= 0.6 is 23.2 Å². The van der Waals surface area contributed by atoms with Crippen molar-refractivity contribution in [1.82, 2.24) is 15.1 Å². The number of benzene rings is 1. The molecule has 0 atom stereocenters. The standard InChI is InChI=1S/C16H12Cl2F6N4O2S/c1-2-3-26-7-12-14(31(29,30)16(22,23)24)11(6-25)27-28(12)13-9(17)4-8(5-10(13)18)15(19,20)21/h4-5,26H,2-3,7H2,1H3. The zero-order chi connectivity index (χ0) is 23.8. The molecule has 0 aliphatic carbocycles. The van der Waals surface area contributed by atoms with E-state index in [1.54, 1.807) is 6.92 Å². The minimum Gasteiger partial charge on any atom is -0.311 e. The Morgan fingerprint density at radius 2 is 1.71 bits per heavy atom. The Hall–Kier alpha value is -2.01. The minimum absolute atomic E-state index is 0.243. The van der Waals surface area contributed by atoms with Gasteiger partial charge in [0.25, 0.3) is 9.84 Å². The first kappa shape index (κ1) is 25.3. The Morgan fingerprint density at radius 3 is 2.13 bits per heavy atom. The second-order valence-electron chi connectivity index (χ2n) is 6.06. The van der Waals surface area contributed by atoms with E-state index >= 15 is 0 Å². The SMILES string of the molecule is CCCNCc1c(S(=O)(=O)C(F)(F)F)c(C#N)nn1-c1c(Cl)cc(C(F)(F)F)cc1Cl. The molecule has 0 amide bonds. The number of halogens is 8. The summed E-state index contributed by atoms with van der Waals surface area (Å²) in [6.45, 7) is 1.44. The van der Waals surface area contributed by atoms with Crippen LogP contribution in [0.5, 0.6) is 0 Å². The van der Waals surface area contributed by atoms with Gasteiger partial charge in [-0.05, 0) is 25.1 Å². The van der Waals surface area contributed by atoms with Crippen LogP contribution in [-0.2, 0) is 22.6 Å². The molecule has 0 saturated carbocycles. The Labute approximate surface area is 182 Å². The molecule has 2 aromatic rings. The van der Waals surface area contributed by atoms with Gasteiger partial charge in [0.1, 0.15) is 16.7 Å². The van der Waals surface area contributed by atoms with Crippen LogP contribution in [-0.4, -0.2) is 30.3 Å². The van der Waals surface area contributed by atoms with E-state index in [1.807, 2.05) is 0 Å². The number of hydrogen-bond acceptors (Lipinski definition) is 5. The van der Waals surface area contributed by atoms with Gasteiger partial charge in [0, 0.05) is 6.54 Å². The van der Waals surface area contributed by atoms with Crippen LogP contribution in [0.15, 0.2) is 17.0 Å². The van der Waals surface area contributed by atoms with Gasteiger partial charge >= 0.3 is 11.7 Å². The van der Waals surface area contributed by atoms with Crippen molar-refractivity contribution in [2.45, 2.75) is 36.5 Å². The van der Waals surface area contributed by atoms with Crippen molar-refractivity contribution in [3.8, 4) is 11.8 Å². The predicted molar refractivity (Wildman–Crippen MR) is 98.5 cm³/mol. The number of hydrogen-bond donors (Lipinski definition) is 1. The highest BCUT2D eigenvalue weighted by atomic mass is 35.5. The topological polar surface area (TPSA) is 87.8 Å². The summed E-state index contributed by atoms with van der Waals surface area (Å²) < 4.78 is 103. The number of sulfone groups is 1. The summed E-state index contributed by atoms with van der Waals surface area (Å²) in [6, 6.07) is 2.18. The first-order chi connectivity index (χ1) is 14.2. The smallest absolute Gasteiger partial charge is 0.311 e. The molecule has 2 rings (SSSR count). The third-order valence-electron chi connectivity index (χ3n) is 3.89. The highest BCUT2D eigenvalue weighted by Crippen LogP contribution is 2.40. The van der Waals surface area contributed by atoms with Crippen molar-refractivity contribution < 1.29 is 34.8 Å². The van der Waals surface area contributed by atoms with Gasteiger partial charge in [-0.1, -0.05) is 30.1 Å². The molecule has 0 bridgehead atoms. The molecule has 0 unspecified atom stereocenters. The summed E-state index contributed by atoms with van der Waals surface area (Å²) in [4.78, 5) is -1.43. The molecule has 15 heteroatoms. The summed E-state index contributed by atoms with van der Waals surface area (Å²) in [7, 11) is -6.04. The van der Waals surface area contributed by atoms with Gasteiger partial charge in [-0.25, -0.2) is 13.1 Å². The van der Waals surface area contributed by atoms with Gasteiger partial charge in [-0.2, -0.15) is 36.7 Å². The lowest BCUT2D eigenvalue weighted by molar-refractivity contribution is -0.137. The van der Waals surface area contributed by atoms with Crippen LogP contribution < -0.4 is 5.32 Å². The number of rotatable bonds is 6. The van der Waals surface area contributed by atoms with Crippen molar-refractivity contribution in [2.24, 2.45) is 0 Å². The molecule has 0 spiro atoms. The fraction of sp³-hybridized carbons (Fsp3) is 0.375. The Balaban J connectivity index is 2.88. The van der Waals surface area contributed by atoms with E-state index in [-0.39, 0.29) is 6.54 Å². The molecule has 1 N–H and O–H groups in total. The normalized spacial score (nSPS) is 12.8. The van der Waals surface area contributed by atoms with Crippen LogP contribution in [0.2, 0.25) is 10.0 Å². The highest BCUT2D eigenvalue weighted by molar-refractivity contribution is 7.92. The van der Waals surface area contributed by atoms with E-state index in [9.17, 15) is 40.0 Å². The quantitative estimate of drug-likeness (QED) is 0.444. The number of nitrogens with one attached hydrogen (secondary N) is 1. The van der Waals surface area contributed by atoms with Gasteiger partial charge in [0.05, 0.1) is 21.3 Å². The molecular weight excluding hydrogens is 497 g/mol. The lowest BCUT2D eigenvalue weighted by Gasteiger charge is -2.16. The van der Waals surface area contributed by atoms with Crippen molar-refractivity contribution in [3.05, 3.63) is 39.1 Å². The molecule has 1 aromatic heterocycles. The van der Waals surface area contributed by atoms with Crippen molar-refractivity contribution >= 4 is 33.0 Å². The zero-order valence-electron chi connectivity index (χ0n) is 15.4. The Kier molecular flexibility index (Phi) is 7.21. The Bertz CT molecular complexity index is 1110. The predicted octanol–water partition coefficient (Wildman–Crippen LogP) is 4.86. The lowest BCUT2D eigenvalue weighted by Crippen LogP contribution is -2.26. The molecule has 0 fully saturated rings. The second-order valence-corrected chi connectivity index (χ2v) is 8.75. The molecule has 1 heterocycles. The highest BCUT2D eigenvalue weighted by Gasteiger charge is 2.51. The summed E-state index contributed by atoms with van der Waals surface area (Å²) >= 11 is 11.8. The van der Waals surface area contributed by atoms with Gasteiger partial charge in [-0.15, -0.1) is 0 Å². The van der Waals surface area contributed by atoms with E-state index in [1.165, 1.54) is 6.07 Å². The van der Waals surface area contributed by atoms with Crippen molar-refractivity contribution in [1.29, 1.82) is 5.26 Å². The van der Waals surface area contributed by atoms with Gasteiger partial charge < -0.3 is 5.32 Å². The fourth-order valence-electron chi connectivity index (χ4n) is 2.57. The number of nitrogens with zero attached hydrogens (tertiary/aromatic N) is 3. The molecule has 0 saturated heterocycles. The van der Waals surface area contributed by atoms with E-state index < -0.39 is 65.6 Å². The van der Waals surface area contributed by atoms with E-state index in [0.29, 0.717) is 23.2 Å². The van der Waals surface area contributed by atoms with Crippen molar-refractivity contribution in [2.75, 3.05) is 6.54 Å². The van der Waals surface area contributed by atoms with E-state index in [2.05, 4.69) is 10.4 Å². The average Bonchev–Trinajstić information content (AvgIpc) is 2.98. The van der Waals surface area contributed by atoms with Crippen LogP contribution in [0.3, 0.4) is 0 Å². The first-order valence-corrected chi connectivity index (χ1v) is 10.5. The van der Waals surface area contributed by atoms with Crippen LogP contribution in [0.1, 0.15) is 30.3 Å². The Morgan fingerprint density at radius 1 is 1.16 bits per heavy atom. The minimum atomic E-state index is -6.04. The van der Waals surface area contributed by atoms with Crippen LogP contribution in [0.25, 0.3) is 5.69 Å². The number of aromatic nitrogens is 2. The maximum atomic E-state index is 13.2. The maximum absolute atomic E-state index is 13.2. The van der Waals surface area contributed by atoms with E-state index in [4.69, 9.17) is 23.2 Å².